The van der Waals surface area contributed by atoms with Crippen LogP contribution in [0, 0.1) is 0 Å². The Morgan fingerprint density at radius 2 is 1.09 bits per heavy atom. The Morgan fingerprint density at radius 1 is 0.447 bits per heavy atom. The zero-order chi connectivity index (χ0) is 31.0. The molecule has 0 aliphatic carbocycles. The molecule has 0 N–H and O–H groups in total. The first-order valence-corrected chi connectivity index (χ1v) is 16.2. The number of hydrogen-bond acceptors (Lipinski definition) is 1. The lowest BCUT2D eigenvalue weighted by atomic mass is 9.63. The van der Waals surface area contributed by atoms with Gasteiger partial charge in [-0.3, -0.25) is 4.57 Å². The fourth-order valence-electron chi connectivity index (χ4n) is 8.11. The molecule has 3 heterocycles. The highest BCUT2D eigenvalue weighted by Crippen LogP contribution is 2.54. The topological polar surface area (TPSA) is 22.8 Å². The standard InChI is InChI=1S/C44H29N3/c1-4-15-31(16-5-1)44(32-17-6-2-7-18-32)36-22-10-12-25-40(36)47-39-28-27-30(29-35(39)34-21-14-23-37(44)42(34)47)43-45-38-24-11-13-26-41(38)46(43)33-19-8-3-9-20-33/h1-29H. The van der Waals surface area contributed by atoms with Crippen molar-refractivity contribution in [1.82, 2.24) is 14.1 Å². The highest BCUT2D eigenvalue weighted by molar-refractivity contribution is 6.13. The first kappa shape index (κ1) is 26.1. The van der Waals surface area contributed by atoms with Crippen LogP contribution in [-0.4, -0.2) is 14.1 Å². The molecule has 0 bridgehead atoms. The first-order valence-electron chi connectivity index (χ1n) is 16.2. The Balaban J connectivity index is 1.32. The summed E-state index contributed by atoms with van der Waals surface area (Å²) < 4.78 is 4.77. The number of fused-ring (bicyclic) bond motifs is 6. The molecule has 0 fully saturated rings. The maximum absolute atomic E-state index is 5.20. The molecule has 0 unspecified atom stereocenters. The third-order valence-corrected chi connectivity index (χ3v) is 9.99. The number of benzene rings is 7. The van der Waals surface area contributed by atoms with Gasteiger partial charge in [0.05, 0.1) is 33.2 Å². The molecule has 0 spiro atoms. The Bertz CT molecular complexity index is 2570. The minimum Gasteiger partial charge on any atom is -0.309 e. The number of imidazole rings is 1. The Hall–Kier alpha value is -6.19. The monoisotopic (exact) mass is 599 g/mol. The van der Waals surface area contributed by atoms with Gasteiger partial charge in [-0.15, -0.1) is 0 Å². The zero-order valence-corrected chi connectivity index (χ0v) is 25.6. The summed E-state index contributed by atoms with van der Waals surface area (Å²) in [6, 6.07) is 63.7. The summed E-state index contributed by atoms with van der Waals surface area (Å²) in [5.74, 6) is 0.939. The predicted octanol–water partition coefficient (Wildman–Crippen LogP) is 10.5. The molecular formula is C44H29N3. The van der Waals surface area contributed by atoms with Crippen LogP contribution in [0.2, 0.25) is 0 Å². The number of nitrogens with zero attached hydrogens (tertiary/aromatic N) is 3. The van der Waals surface area contributed by atoms with E-state index in [0.29, 0.717) is 0 Å². The summed E-state index contributed by atoms with van der Waals surface area (Å²) in [5, 5.41) is 2.46. The van der Waals surface area contributed by atoms with Gasteiger partial charge in [0.15, 0.2) is 0 Å². The maximum Gasteiger partial charge on any atom is 0.145 e. The van der Waals surface area contributed by atoms with Gasteiger partial charge in [0.2, 0.25) is 0 Å². The summed E-state index contributed by atoms with van der Waals surface area (Å²) in [7, 11) is 0. The van der Waals surface area contributed by atoms with Crippen molar-refractivity contribution in [2.75, 3.05) is 0 Å². The number of hydrogen-bond donors (Lipinski definition) is 0. The van der Waals surface area contributed by atoms with E-state index in [2.05, 4.69) is 185 Å². The van der Waals surface area contributed by atoms with Crippen molar-refractivity contribution in [2.24, 2.45) is 0 Å². The summed E-state index contributed by atoms with van der Waals surface area (Å²) in [6.07, 6.45) is 0. The van der Waals surface area contributed by atoms with Gasteiger partial charge in [0, 0.05) is 22.0 Å². The quantitative estimate of drug-likeness (QED) is 0.197. The van der Waals surface area contributed by atoms with Crippen LogP contribution in [0.4, 0.5) is 0 Å². The molecule has 7 aromatic carbocycles. The average molecular weight is 600 g/mol. The van der Waals surface area contributed by atoms with Gasteiger partial charge < -0.3 is 4.57 Å². The molecule has 9 aromatic rings. The maximum atomic E-state index is 5.20. The van der Waals surface area contributed by atoms with E-state index >= 15 is 0 Å². The van der Waals surface area contributed by atoms with Crippen molar-refractivity contribution in [1.29, 1.82) is 0 Å². The molecule has 3 nitrogen and oxygen atoms in total. The molecule has 1 aliphatic rings. The van der Waals surface area contributed by atoms with Crippen molar-refractivity contribution >= 4 is 32.8 Å². The van der Waals surface area contributed by atoms with Gasteiger partial charge in [0.1, 0.15) is 5.82 Å². The van der Waals surface area contributed by atoms with E-state index in [1.165, 1.54) is 49.7 Å². The molecule has 220 valence electrons. The second-order valence-electron chi connectivity index (χ2n) is 12.4. The van der Waals surface area contributed by atoms with E-state index in [-0.39, 0.29) is 0 Å². The Morgan fingerprint density at radius 3 is 1.85 bits per heavy atom. The molecule has 3 heteroatoms. The third kappa shape index (κ3) is 3.54. The van der Waals surface area contributed by atoms with Gasteiger partial charge in [-0.05, 0) is 70.8 Å². The molecule has 0 radical (unpaired) electrons. The smallest absolute Gasteiger partial charge is 0.145 e. The minimum atomic E-state index is -0.479. The van der Waals surface area contributed by atoms with Crippen molar-refractivity contribution in [2.45, 2.75) is 5.41 Å². The van der Waals surface area contributed by atoms with Gasteiger partial charge >= 0.3 is 0 Å². The second-order valence-corrected chi connectivity index (χ2v) is 12.4. The number of aromatic nitrogens is 3. The van der Waals surface area contributed by atoms with Crippen LogP contribution in [0.1, 0.15) is 22.3 Å². The Labute approximate surface area is 272 Å². The zero-order valence-electron chi connectivity index (χ0n) is 25.6. The fourth-order valence-corrected chi connectivity index (χ4v) is 8.11. The summed E-state index contributed by atoms with van der Waals surface area (Å²) in [4.78, 5) is 5.20. The third-order valence-electron chi connectivity index (χ3n) is 9.99. The van der Waals surface area contributed by atoms with Crippen LogP contribution >= 0.6 is 0 Å². The van der Waals surface area contributed by atoms with Crippen LogP contribution < -0.4 is 0 Å². The fraction of sp³-hybridized carbons (Fsp3) is 0.0227. The van der Waals surface area contributed by atoms with Crippen LogP contribution in [-0.2, 0) is 5.41 Å². The molecule has 1 aliphatic heterocycles. The van der Waals surface area contributed by atoms with Crippen LogP contribution in [0.15, 0.2) is 176 Å². The lowest BCUT2D eigenvalue weighted by molar-refractivity contribution is 0.728. The van der Waals surface area contributed by atoms with Gasteiger partial charge in [0.25, 0.3) is 0 Å². The van der Waals surface area contributed by atoms with Gasteiger partial charge in [-0.2, -0.15) is 0 Å². The van der Waals surface area contributed by atoms with Crippen molar-refractivity contribution in [3.8, 4) is 22.8 Å². The summed E-state index contributed by atoms with van der Waals surface area (Å²) in [5.41, 5.74) is 12.6. The molecule has 47 heavy (non-hydrogen) atoms. The SMILES string of the molecule is c1ccc(-n2c(-c3ccc4c(c3)c3cccc5c3n4-c3ccccc3C5(c3ccccc3)c3ccccc3)nc3ccccc32)cc1. The van der Waals surface area contributed by atoms with Crippen molar-refractivity contribution in [3.63, 3.8) is 0 Å². The van der Waals surface area contributed by atoms with Crippen LogP contribution in [0.3, 0.4) is 0 Å². The summed E-state index contributed by atoms with van der Waals surface area (Å²) in [6.45, 7) is 0. The van der Waals surface area contributed by atoms with Crippen molar-refractivity contribution in [3.05, 3.63) is 198 Å². The largest absolute Gasteiger partial charge is 0.309 e. The highest BCUT2D eigenvalue weighted by Gasteiger charge is 2.45. The van der Waals surface area contributed by atoms with E-state index in [9.17, 15) is 0 Å². The average Bonchev–Trinajstić information content (AvgIpc) is 3.70. The normalized spacial score (nSPS) is 13.3. The van der Waals surface area contributed by atoms with Gasteiger partial charge in [-0.25, -0.2) is 4.98 Å². The number of rotatable bonds is 4. The predicted molar refractivity (Wildman–Crippen MR) is 193 cm³/mol. The molecule has 0 saturated carbocycles. The van der Waals surface area contributed by atoms with E-state index in [0.717, 1.165) is 28.1 Å². The summed E-state index contributed by atoms with van der Waals surface area (Å²) >= 11 is 0. The molecule has 0 amide bonds. The lowest BCUT2D eigenvalue weighted by Crippen LogP contribution is -2.35. The van der Waals surface area contributed by atoms with E-state index in [1.54, 1.807) is 0 Å². The second kappa shape index (κ2) is 9.90. The molecule has 0 saturated heterocycles. The molecule has 0 atom stereocenters. The van der Waals surface area contributed by atoms with Crippen LogP contribution in [0.5, 0.6) is 0 Å². The molecule has 2 aromatic heterocycles. The lowest BCUT2D eigenvalue weighted by Gasteiger charge is -2.41. The Kier molecular flexibility index (Phi) is 5.49. The first-order chi connectivity index (χ1) is 23.3. The highest BCUT2D eigenvalue weighted by atomic mass is 15.1. The van der Waals surface area contributed by atoms with E-state index in [1.807, 2.05) is 0 Å². The van der Waals surface area contributed by atoms with E-state index < -0.39 is 5.41 Å². The van der Waals surface area contributed by atoms with Crippen molar-refractivity contribution < 1.29 is 0 Å². The number of para-hydroxylation sites is 5. The minimum absolute atomic E-state index is 0.479. The van der Waals surface area contributed by atoms with E-state index in [4.69, 9.17) is 4.98 Å². The van der Waals surface area contributed by atoms with Gasteiger partial charge in [-0.1, -0.05) is 127 Å². The van der Waals surface area contributed by atoms with Crippen LogP contribution in [0.25, 0.3) is 55.6 Å². The molecular weight excluding hydrogens is 571 g/mol. The molecule has 10 rings (SSSR count).